The largest absolute Gasteiger partial charge is 0.496 e. The molecule has 10 nitrogen and oxygen atoms in total. The molecule has 0 radical (unpaired) electrons. The van der Waals surface area contributed by atoms with Crippen molar-refractivity contribution in [3.05, 3.63) is 154 Å². The molecule has 1 atom stereocenters. The Kier molecular flexibility index (Phi) is 17.5. The fraction of sp³-hybridized carbons (Fsp3) is 0.321. The Morgan fingerprint density at radius 2 is 1.52 bits per heavy atom. The third kappa shape index (κ3) is 11.9. The molecule has 3 aliphatic rings. The summed E-state index contributed by atoms with van der Waals surface area (Å²) in [6, 6.07) is 33.8. The normalized spacial score (nSPS) is 17.0. The van der Waals surface area contributed by atoms with Gasteiger partial charge in [0.05, 0.1) is 52.5 Å². The zero-order valence-corrected chi connectivity index (χ0v) is 40.9. The molecule has 1 unspecified atom stereocenters. The summed E-state index contributed by atoms with van der Waals surface area (Å²) in [5.41, 5.74) is 6.33. The van der Waals surface area contributed by atoms with Gasteiger partial charge in [0.1, 0.15) is 27.7 Å². The second-order valence-corrected chi connectivity index (χ2v) is 19.1. The van der Waals surface area contributed by atoms with Crippen molar-refractivity contribution in [1.29, 1.82) is 0 Å². The number of allylic oxidation sites excluding steroid dienone is 2. The van der Waals surface area contributed by atoms with Crippen LogP contribution in [0.3, 0.4) is 0 Å². The Labute approximate surface area is 407 Å². The summed E-state index contributed by atoms with van der Waals surface area (Å²) >= 11 is 8.65. The molecule has 0 bridgehead atoms. The van der Waals surface area contributed by atoms with Crippen LogP contribution in [0.2, 0.25) is 0 Å². The van der Waals surface area contributed by atoms with Crippen molar-refractivity contribution >= 4 is 62.5 Å². The highest BCUT2D eigenvalue weighted by molar-refractivity contribution is 8.26. The van der Waals surface area contributed by atoms with Gasteiger partial charge in [-0.05, 0) is 97.8 Å². The van der Waals surface area contributed by atoms with E-state index in [0.717, 1.165) is 62.9 Å². The second kappa shape index (κ2) is 23.9. The molecule has 1 saturated carbocycles. The highest BCUT2D eigenvalue weighted by atomic mass is 32.2. The van der Waals surface area contributed by atoms with Crippen molar-refractivity contribution in [2.75, 3.05) is 27.3 Å². The van der Waals surface area contributed by atoms with Gasteiger partial charge in [-0.25, -0.2) is 9.07 Å². The zero-order valence-electron chi connectivity index (χ0n) is 38.5. The van der Waals surface area contributed by atoms with Gasteiger partial charge < -0.3 is 19.5 Å². The first-order valence-electron chi connectivity index (χ1n) is 22.9. The van der Waals surface area contributed by atoms with Crippen LogP contribution in [0, 0.1) is 11.7 Å². The number of aromatic nitrogens is 2. The lowest BCUT2D eigenvalue weighted by Crippen LogP contribution is -2.43. The van der Waals surface area contributed by atoms with Crippen LogP contribution in [0.15, 0.2) is 131 Å². The molecular weight excluding hydrogens is 902 g/mol. The van der Waals surface area contributed by atoms with Crippen molar-refractivity contribution in [3.8, 4) is 28.4 Å². The monoisotopic (exact) mass is 959 g/mol. The van der Waals surface area contributed by atoms with Crippen LogP contribution >= 0.6 is 35.7 Å². The summed E-state index contributed by atoms with van der Waals surface area (Å²) in [7, 11) is 3.17. The first-order chi connectivity index (χ1) is 32.6. The number of carboxylic acids is 1. The number of aliphatic carboxylic acids is 1. The van der Waals surface area contributed by atoms with Crippen LogP contribution in [0.25, 0.3) is 27.5 Å². The van der Waals surface area contributed by atoms with Crippen LogP contribution in [-0.4, -0.2) is 74.2 Å². The van der Waals surface area contributed by atoms with E-state index in [4.69, 9.17) is 26.8 Å². The van der Waals surface area contributed by atoms with Crippen LogP contribution in [0.5, 0.6) is 11.5 Å². The summed E-state index contributed by atoms with van der Waals surface area (Å²) in [6.45, 7) is 6.16. The van der Waals surface area contributed by atoms with Crippen molar-refractivity contribution in [2.24, 2.45) is 5.92 Å². The van der Waals surface area contributed by atoms with E-state index in [2.05, 4.69) is 78.7 Å². The van der Waals surface area contributed by atoms with E-state index in [9.17, 15) is 19.1 Å². The van der Waals surface area contributed by atoms with E-state index in [1.165, 1.54) is 45.6 Å². The first kappa shape index (κ1) is 49.2. The van der Waals surface area contributed by atoms with Gasteiger partial charge in [0.2, 0.25) is 0 Å². The molecule has 5 aromatic rings. The molecule has 1 aliphatic carbocycles. The van der Waals surface area contributed by atoms with E-state index < -0.39 is 12.0 Å². The SMILES string of the molecule is CCCCCN1C(=O)/C(=C/C=C2\SC(c3ccccc3)=C(c3ccccc3)N2CC)SC1=S.COc1cccc(OC)c1-c1cc(CNC(C(=O)O)C2CCCCC2)nn1-c1ccc(F)cc1. The van der Waals surface area contributed by atoms with Gasteiger partial charge in [0, 0.05) is 24.5 Å². The van der Waals surface area contributed by atoms with Gasteiger partial charge in [0.15, 0.2) is 0 Å². The Hall–Kier alpha value is -5.67. The lowest BCUT2D eigenvalue weighted by Gasteiger charge is -2.27. The number of thioether (sulfide) groups is 2. The molecule has 3 heterocycles. The molecule has 67 heavy (non-hydrogen) atoms. The number of benzene rings is 4. The Morgan fingerprint density at radius 1 is 0.866 bits per heavy atom. The summed E-state index contributed by atoms with van der Waals surface area (Å²) in [6.07, 6.45) is 12.4. The molecule has 2 N–H and O–H groups in total. The van der Waals surface area contributed by atoms with Gasteiger partial charge in [-0.15, -0.1) is 0 Å². The van der Waals surface area contributed by atoms with Crippen molar-refractivity contribution < 1.29 is 28.6 Å². The molecule has 1 aromatic heterocycles. The number of carbonyl (C=O) groups is 2. The van der Waals surface area contributed by atoms with Crippen LogP contribution in [0.4, 0.5) is 4.39 Å². The third-order valence-electron chi connectivity index (χ3n) is 12.0. The number of thiocarbonyl (C=S) groups is 1. The number of nitrogens with one attached hydrogen (secondary N) is 1. The molecule has 1 amide bonds. The maximum atomic E-state index is 13.6. The number of hydrogen-bond donors (Lipinski definition) is 2. The third-order valence-corrected chi connectivity index (χ3v) is 14.6. The van der Waals surface area contributed by atoms with E-state index >= 15 is 0 Å². The molecule has 14 heteroatoms. The molecule has 0 spiro atoms. The number of amides is 1. The maximum Gasteiger partial charge on any atom is 0.320 e. The molecule has 2 fully saturated rings. The predicted octanol–water partition coefficient (Wildman–Crippen LogP) is 12.2. The minimum absolute atomic E-state index is 0.0310. The van der Waals surface area contributed by atoms with E-state index in [0.29, 0.717) is 49.9 Å². The van der Waals surface area contributed by atoms with Crippen molar-refractivity contribution in [1.82, 2.24) is 24.9 Å². The second-order valence-electron chi connectivity index (χ2n) is 16.4. The smallest absolute Gasteiger partial charge is 0.320 e. The number of carboxylic acid groups (broad SMARTS) is 1. The highest BCUT2D eigenvalue weighted by Gasteiger charge is 2.33. The van der Waals surface area contributed by atoms with Gasteiger partial charge >= 0.3 is 5.97 Å². The molecule has 350 valence electrons. The number of carbonyl (C=O) groups excluding carboxylic acids is 1. The minimum atomic E-state index is -0.837. The van der Waals surface area contributed by atoms with E-state index in [1.54, 1.807) is 47.7 Å². The lowest BCUT2D eigenvalue weighted by molar-refractivity contribution is -0.141. The first-order valence-corrected chi connectivity index (χ1v) is 25.0. The summed E-state index contributed by atoms with van der Waals surface area (Å²) in [5.74, 6) is 0.172. The quantitative estimate of drug-likeness (QED) is 0.0528. The number of nitrogens with zero attached hydrogens (tertiary/aromatic N) is 4. The summed E-state index contributed by atoms with van der Waals surface area (Å²) in [4.78, 5) is 30.9. The molecular formula is C53H58FN5O5S3. The number of rotatable bonds is 17. The maximum absolute atomic E-state index is 13.6. The highest BCUT2D eigenvalue weighted by Crippen LogP contribution is 2.50. The standard InChI is InChI=1S/C27H28N2OS3.C26H30FN3O4/c1-3-5-12-19-29-26(30)22(32-27(29)31)17-18-23-28(4-2)24(20-13-8-6-9-14-20)25(33-23)21-15-10-7-11-16-21;1-33-22-9-6-10-23(34-2)24(22)21-15-19(29-30(21)20-13-11-18(27)12-14-20)16-28-25(26(31)32)17-7-4-3-5-8-17/h6-11,13-18H,3-5,12,19H2,1-2H3;6,9-15,17,25,28H,3-5,7-8,16H2,1-2H3,(H,31,32)/b22-17-,23-18-;. The van der Waals surface area contributed by atoms with E-state index in [-0.39, 0.29) is 24.2 Å². The fourth-order valence-electron chi connectivity index (χ4n) is 8.64. The van der Waals surface area contributed by atoms with Crippen molar-refractivity contribution in [3.63, 3.8) is 0 Å². The molecule has 8 rings (SSSR count). The van der Waals surface area contributed by atoms with Gasteiger partial charge in [-0.2, -0.15) is 5.10 Å². The zero-order chi connectivity index (χ0) is 47.3. The van der Waals surface area contributed by atoms with E-state index in [1.807, 2.05) is 42.5 Å². The Bertz CT molecular complexity index is 2570. The number of halogens is 1. The topological polar surface area (TPSA) is 109 Å². The Morgan fingerprint density at radius 3 is 2.13 bits per heavy atom. The minimum Gasteiger partial charge on any atom is -0.496 e. The number of methoxy groups -OCH3 is 2. The summed E-state index contributed by atoms with van der Waals surface area (Å²) < 4.78 is 27.2. The average Bonchev–Trinajstić information content (AvgIpc) is 4.04. The Balaban J connectivity index is 0.000000199. The van der Waals surface area contributed by atoms with Gasteiger partial charge in [0.25, 0.3) is 5.91 Å². The van der Waals surface area contributed by atoms with Gasteiger partial charge in [-0.3, -0.25) is 19.8 Å². The predicted molar refractivity (Wildman–Crippen MR) is 274 cm³/mol. The van der Waals surface area contributed by atoms with Gasteiger partial charge in [-0.1, -0.05) is 141 Å². The lowest BCUT2D eigenvalue weighted by atomic mass is 9.84. The average molecular weight is 960 g/mol. The molecule has 4 aromatic carbocycles. The van der Waals surface area contributed by atoms with Crippen molar-refractivity contribution in [2.45, 2.75) is 77.8 Å². The number of hydrogen-bond acceptors (Lipinski definition) is 10. The number of ether oxygens (including phenoxy) is 2. The van der Waals surface area contributed by atoms with Crippen LogP contribution in [-0.2, 0) is 16.1 Å². The van der Waals surface area contributed by atoms with Crippen LogP contribution in [0.1, 0.15) is 82.0 Å². The number of unbranched alkanes of at least 4 members (excludes halogenated alkanes) is 2. The molecule has 1 saturated heterocycles. The summed E-state index contributed by atoms with van der Waals surface area (Å²) in [5, 5.41) is 18.9. The van der Waals surface area contributed by atoms with Crippen LogP contribution < -0.4 is 14.8 Å². The molecule has 2 aliphatic heterocycles. The fourth-order valence-corrected chi connectivity index (χ4v) is 11.1.